The van der Waals surface area contributed by atoms with Crippen molar-refractivity contribution >= 4 is 5.91 Å². The molecule has 0 rings (SSSR count). The Morgan fingerprint density at radius 3 is 2.40 bits per heavy atom. The summed E-state index contributed by atoms with van der Waals surface area (Å²) < 4.78 is 0. The summed E-state index contributed by atoms with van der Waals surface area (Å²) in [5.74, 6) is 0.873. The largest absolute Gasteiger partial charge is 0.354 e. The highest BCUT2D eigenvalue weighted by Crippen LogP contribution is 2.06. The van der Waals surface area contributed by atoms with Crippen LogP contribution in [0.4, 0.5) is 0 Å². The number of amides is 1. The van der Waals surface area contributed by atoms with Gasteiger partial charge in [-0.2, -0.15) is 0 Å². The first kappa shape index (κ1) is 14.4. The van der Waals surface area contributed by atoms with Crippen LogP contribution >= 0.6 is 0 Å². The summed E-state index contributed by atoms with van der Waals surface area (Å²) in [5.41, 5.74) is 0. The SMILES string of the molecule is CCNCCC(=O)NC(C)CCC(C)C. The Balaban J connectivity index is 3.49. The molecule has 0 aliphatic carbocycles. The monoisotopic (exact) mass is 214 g/mol. The lowest BCUT2D eigenvalue weighted by molar-refractivity contribution is -0.121. The summed E-state index contributed by atoms with van der Waals surface area (Å²) in [6, 6.07) is 0.307. The zero-order valence-corrected chi connectivity index (χ0v) is 10.6. The fraction of sp³-hybridized carbons (Fsp3) is 0.917. The van der Waals surface area contributed by atoms with Crippen molar-refractivity contribution in [3.63, 3.8) is 0 Å². The van der Waals surface area contributed by atoms with E-state index in [0.29, 0.717) is 18.4 Å². The quantitative estimate of drug-likeness (QED) is 0.606. The molecular formula is C12H26N2O. The molecule has 0 aliphatic rings. The second kappa shape index (κ2) is 8.72. The summed E-state index contributed by atoms with van der Waals surface area (Å²) in [5, 5.41) is 6.16. The van der Waals surface area contributed by atoms with Gasteiger partial charge >= 0.3 is 0 Å². The van der Waals surface area contributed by atoms with E-state index in [2.05, 4.69) is 31.4 Å². The highest BCUT2D eigenvalue weighted by Gasteiger charge is 2.07. The lowest BCUT2D eigenvalue weighted by atomic mass is 10.0. The van der Waals surface area contributed by atoms with Crippen molar-refractivity contribution in [1.82, 2.24) is 10.6 Å². The third-order valence-corrected chi connectivity index (χ3v) is 2.36. The molecule has 0 fully saturated rings. The minimum absolute atomic E-state index is 0.159. The maximum absolute atomic E-state index is 11.4. The molecule has 0 radical (unpaired) electrons. The molecule has 3 nitrogen and oxygen atoms in total. The highest BCUT2D eigenvalue weighted by molar-refractivity contribution is 5.76. The maximum atomic E-state index is 11.4. The van der Waals surface area contributed by atoms with Crippen molar-refractivity contribution in [2.75, 3.05) is 13.1 Å². The lowest BCUT2D eigenvalue weighted by Crippen LogP contribution is -2.34. The highest BCUT2D eigenvalue weighted by atomic mass is 16.1. The Bertz CT molecular complexity index is 169. The van der Waals surface area contributed by atoms with Crippen molar-refractivity contribution in [2.24, 2.45) is 5.92 Å². The first-order chi connectivity index (χ1) is 7.06. The molecule has 0 aromatic carbocycles. The smallest absolute Gasteiger partial charge is 0.221 e. The molecule has 0 aliphatic heterocycles. The van der Waals surface area contributed by atoms with Crippen LogP contribution in [0.15, 0.2) is 0 Å². The zero-order chi connectivity index (χ0) is 11.7. The van der Waals surface area contributed by atoms with E-state index in [-0.39, 0.29) is 5.91 Å². The van der Waals surface area contributed by atoms with Crippen LogP contribution in [0.2, 0.25) is 0 Å². The van der Waals surface area contributed by atoms with Crippen molar-refractivity contribution in [3.05, 3.63) is 0 Å². The topological polar surface area (TPSA) is 41.1 Å². The summed E-state index contributed by atoms with van der Waals surface area (Å²) in [7, 11) is 0. The van der Waals surface area contributed by atoms with Crippen LogP contribution in [0.1, 0.15) is 47.0 Å². The fourth-order valence-electron chi connectivity index (χ4n) is 1.38. The van der Waals surface area contributed by atoms with Crippen molar-refractivity contribution < 1.29 is 4.79 Å². The number of hydrogen-bond donors (Lipinski definition) is 2. The van der Waals surface area contributed by atoms with Gasteiger partial charge in [-0.3, -0.25) is 4.79 Å². The van der Waals surface area contributed by atoms with Gasteiger partial charge in [-0.25, -0.2) is 0 Å². The third kappa shape index (κ3) is 9.73. The predicted molar refractivity (Wildman–Crippen MR) is 64.8 cm³/mol. The molecule has 0 bridgehead atoms. The first-order valence-corrected chi connectivity index (χ1v) is 6.06. The van der Waals surface area contributed by atoms with Crippen LogP contribution < -0.4 is 10.6 Å². The molecule has 2 N–H and O–H groups in total. The summed E-state index contributed by atoms with van der Waals surface area (Å²) in [6.07, 6.45) is 2.83. The van der Waals surface area contributed by atoms with E-state index in [1.165, 1.54) is 6.42 Å². The van der Waals surface area contributed by atoms with Gasteiger partial charge in [0.25, 0.3) is 0 Å². The summed E-state index contributed by atoms with van der Waals surface area (Å²) in [4.78, 5) is 11.4. The van der Waals surface area contributed by atoms with Gasteiger partial charge in [0.15, 0.2) is 0 Å². The zero-order valence-electron chi connectivity index (χ0n) is 10.6. The van der Waals surface area contributed by atoms with Gasteiger partial charge in [0.05, 0.1) is 0 Å². The lowest BCUT2D eigenvalue weighted by Gasteiger charge is -2.15. The fourth-order valence-corrected chi connectivity index (χ4v) is 1.38. The van der Waals surface area contributed by atoms with E-state index in [1.807, 2.05) is 6.92 Å². The van der Waals surface area contributed by atoms with Gasteiger partial charge in [-0.15, -0.1) is 0 Å². The van der Waals surface area contributed by atoms with Crippen LogP contribution in [0.25, 0.3) is 0 Å². The second-order valence-electron chi connectivity index (χ2n) is 4.54. The molecule has 0 heterocycles. The minimum atomic E-state index is 0.159. The van der Waals surface area contributed by atoms with E-state index in [4.69, 9.17) is 0 Å². The van der Waals surface area contributed by atoms with Gasteiger partial charge in [0.1, 0.15) is 0 Å². The van der Waals surface area contributed by atoms with Crippen LogP contribution in [-0.4, -0.2) is 25.0 Å². The first-order valence-electron chi connectivity index (χ1n) is 6.06. The standard InChI is InChI=1S/C12H26N2O/c1-5-13-9-8-12(15)14-11(4)7-6-10(2)3/h10-11,13H,5-9H2,1-4H3,(H,14,15). The Hall–Kier alpha value is -0.570. The van der Waals surface area contributed by atoms with E-state index < -0.39 is 0 Å². The Kier molecular flexibility index (Phi) is 8.38. The van der Waals surface area contributed by atoms with Crippen LogP contribution in [0.3, 0.4) is 0 Å². The average molecular weight is 214 g/mol. The van der Waals surface area contributed by atoms with E-state index in [1.54, 1.807) is 0 Å². The van der Waals surface area contributed by atoms with Crippen molar-refractivity contribution in [3.8, 4) is 0 Å². The molecule has 0 spiro atoms. The number of rotatable bonds is 8. The molecular weight excluding hydrogens is 188 g/mol. The molecule has 0 saturated heterocycles. The molecule has 3 heteroatoms. The van der Waals surface area contributed by atoms with E-state index in [0.717, 1.165) is 19.5 Å². The van der Waals surface area contributed by atoms with Gasteiger partial charge in [0.2, 0.25) is 5.91 Å². The molecule has 15 heavy (non-hydrogen) atoms. The van der Waals surface area contributed by atoms with Gasteiger partial charge in [0, 0.05) is 19.0 Å². The van der Waals surface area contributed by atoms with Gasteiger partial charge in [-0.1, -0.05) is 20.8 Å². The normalized spacial score (nSPS) is 12.9. The molecule has 90 valence electrons. The van der Waals surface area contributed by atoms with E-state index >= 15 is 0 Å². The Labute approximate surface area is 94.0 Å². The van der Waals surface area contributed by atoms with Crippen LogP contribution in [0.5, 0.6) is 0 Å². The summed E-state index contributed by atoms with van der Waals surface area (Å²) >= 11 is 0. The van der Waals surface area contributed by atoms with Crippen molar-refractivity contribution in [2.45, 2.75) is 53.0 Å². The Morgan fingerprint density at radius 1 is 1.20 bits per heavy atom. The number of nitrogens with one attached hydrogen (secondary N) is 2. The summed E-state index contributed by atoms with van der Waals surface area (Å²) in [6.45, 7) is 10.2. The average Bonchev–Trinajstić information content (AvgIpc) is 2.15. The van der Waals surface area contributed by atoms with Gasteiger partial charge in [-0.05, 0) is 32.2 Å². The molecule has 1 unspecified atom stereocenters. The molecule has 1 amide bonds. The van der Waals surface area contributed by atoms with E-state index in [9.17, 15) is 4.79 Å². The number of carbonyl (C=O) groups is 1. The van der Waals surface area contributed by atoms with Crippen molar-refractivity contribution in [1.29, 1.82) is 0 Å². The van der Waals surface area contributed by atoms with Gasteiger partial charge < -0.3 is 10.6 Å². The number of hydrogen-bond acceptors (Lipinski definition) is 2. The van der Waals surface area contributed by atoms with Crippen LogP contribution in [0, 0.1) is 5.92 Å². The second-order valence-corrected chi connectivity index (χ2v) is 4.54. The third-order valence-electron chi connectivity index (χ3n) is 2.36. The Morgan fingerprint density at radius 2 is 1.87 bits per heavy atom. The van der Waals surface area contributed by atoms with Crippen LogP contribution in [-0.2, 0) is 4.79 Å². The maximum Gasteiger partial charge on any atom is 0.221 e. The molecule has 0 aromatic rings. The minimum Gasteiger partial charge on any atom is -0.354 e. The predicted octanol–water partition coefficient (Wildman–Crippen LogP) is 1.93. The molecule has 0 saturated carbocycles. The number of carbonyl (C=O) groups excluding carboxylic acids is 1. The molecule has 0 aromatic heterocycles. The molecule has 1 atom stereocenters.